The Morgan fingerprint density at radius 2 is 1.85 bits per heavy atom. The van der Waals surface area contributed by atoms with Gasteiger partial charge in [0, 0.05) is 13.2 Å². The highest BCUT2D eigenvalue weighted by Gasteiger charge is 2.10. The third-order valence-corrected chi connectivity index (χ3v) is 3.00. The van der Waals surface area contributed by atoms with Gasteiger partial charge in [-0.05, 0) is 19.1 Å². The van der Waals surface area contributed by atoms with Crippen molar-refractivity contribution < 1.29 is 19.0 Å². The summed E-state index contributed by atoms with van der Waals surface area (Å²) < 4.78 is 23.3. The van der Waals surface area contributed by atoms with Crippen LogP contribution >= 0.6 is 23.2 Å². The molecule has 0 amide bonds. The Bertz CT molecular complexity index is 398. The third-order valence-electron chi connectivity index (χ3n) is 2.41. The van der Waals surface area contributed by atoms with Crippen LogP contribution in [0.3, 0.4) is 0 Å². The van der Waals surface area contributed by atoms with Crippen molar-refractivity contribution >= 4 is 28.9 Å². The number of rotatable bonds is 9. The van der Waals surface area contributed by atoms with Crippen LogP contribution in [0.1, 0.15) is 6.92 Å². The van der Waals surface area contributed by atoms with Gasteiger partial charge in [0.2, 0.25) is 0 Å². The quantitative estimate of drug-likeness (QED) is 0.685. The van der Waals surface area contributed by atoms with Crippen LogP contribution in [0, 0.1) is 5.82 Å². The maximum absolute atomic E-state index is 13.0. The molecule has 0 aromatic heterocycles. The summed E-state index contributed by atoms with van der Waals surface area (Å²) in [5, 5.41) is 12.9. The Labute approximate surface area is 127 Å². The molecule has 1 aromatic carbocycles. The zero-order valence-electron chi connectivity index (χ0n) is 11.2. The van der Waals surface area contributed by atoms with Gasteiger partial charge in [0.05, 0.1) is 41.7 Å². The minimum Gasteiger partial charge on any atom is -0.389 e. The van der Waals surface area contributed by atoms with E-state index in [0.717, 1.165) is 12.1 Å². The van der Waals surface area contributed by atoms with Crippen LogP contribution in [0.4, 0.5) is 10.1 Å². The van der Waals surface area contributed by atoms with Gasteiger partial charge in [0.1, 0.15) is 5.82 Å². The Hall–Kier alpha value is -0.590. The molecule has 1 atom stereocenters. The predicted octanol–water partition coefficient (Wildman–Crippen LogP) is 2.96. The predicted molar refractivity (Wildman–Crippen MR) is 78.2 cm³/mol. The van der Waals surface area contributed by atoms with Gasteiger partial charge in [0.15, 0.2) is 0 Å². The van der Waals surface area contributed by atoms with Crippen molar-refractivity contribution in [1.29, 1.82) is 0 Å². The highest BCUT2D eigenvalue weighted by atomic mass is 35.5. The molecule has 20 heavy (non-hydrogen) atoms. The number of benzene rings is 1. The second kappa shape index (κ2) is 9.37. The van der Waals surface area contributed by atoms with Crippen LogP contribution in [0.15, 0.2) is 12.1 Å². The van der Waals surface area contributed by atoms with Gasteiger partial charge in [-0.3, -0.25) is 0 Å². The number of nitrogens with one attached hydrogen (secondary N) is 1. The van der Waals surface area contributed by atoms with E-state index in [2.05, 4.69) is 5.32 Å². The molecule has 0 heterocycles. The van der Waals surface area contributed by atoms with Crippen LogP contribution in [0.25, 0.3) is 0 Å². The first-order chi connectivity index (χ1) is 9.54. The number of ether oxygens (including phenoxy) is 2. The van der Waals surface area contributed by atoms with Crippen molar-refractivity contribution in [1.82, 2.24) is 0 Å². The van der Waals surface area contributed by atoms with E-state index in [-0.39, 0.29) is 23.2 Å². The lowest BCUT2D eigenvalue weighted by Crippen LogP contribution is -2.25. The normalized spacial score (nSPS) is 12.4. The summed E-state index contributed by atoms with van der Waals surface area (Å²) in [6.07, 6.45) is -0.728. The largest absolute Gasteiger partial charge is 0.389 e. The average molecular weight is 326 g/mol. The lowest BCUT2D eigenvalue weighted by Gasteiger charge is -2.15. The second-order valence-electron chi connectivity index (χ2n) is 4.05. The Morgan fingerprint density at radius 1 is 1.25 bits per heavy atom. The molecule has 7 heteroatoms. The molecule has 1 rings (SSSR count). The van der Waals surface area contributed by atoms with Crippen molar-refractivity contribution in [3.63, 3.8) is 0 Å². The summed E-state index contributed by atoms with van der Waals surface area (Å²) in [6.45, 7) is 3.80. The summed E-state index contributed by atoms with van der Waals surface area (Å²) in [6, 6.07) is 2.31. The van der Waals surface area contributed by atoms with Gasteiger partial charge in [-0.1, -0.05) is 23.2 Å². The van der Waals surface area contributed by atoms with E-state index < -0.39 is 11.9 Å². The Morgan fingerprint density at radius 3 is 2.45 bits per heavy atom. The first kappa shape index (κ1) is 17.5. The van der Waals surface area contributed by atoms with E-state index in [9.17, 15) is 9.50 Å². The highest BCUT2D eigenvalue weighted by molar-refractivity contribution is 6.39. The Balaban J connectivity index is 2.32. The minimum absolute atomic E-state index is 0.163. The van der Waals surface area contributed by atoms with E-state index in [4.69, 9.17) is 32.7 Å². The first-order valence-electron chi connectivity index (χ1n) is 6.26. The average Bonchev–Trinajstić information content (AvgIpc) is 2.37. The van der Waals surface area contributed by atoms with Crippen LogP contribution in [0.2, 0.25) is 10.0 Å². The van der Waals surface area contributed by atoms with E-state index >= 15 is 0 Å². The van der Waals surface area contributed by atoms with Crippen LogP contribution in [-0.4, -0.2) is 44.2 Å². The molecule has 1 unspecified atom stereocenters. The van der Waals surface area contributed by atoms with Gasteiger partial charge in [0.25, 0.3) is 0 Å². The molecule has 0 aliphatic rings. The Kier molecular flexibility index (Phi) is 8.18. The van der Waals surface area contributed by atoms with Crippen molar-refractivity contribution in [3.8, 4) is 0 Å². The number of aliphatic hydroxyl groups excluding tert-OH is 1. The molecule has 0 saturated heterocycles. The van der Waals surface area contributed by atoms with Crippen LogP contribution in [0.5, 0.6) is 0 Å². The summed E-state index contributed by atoms with van der Waals surface area (Å²) in [5.41, 5.74) is 0.392. The highest BCUT2D eigenvalue weighted by Crippen LogP contribution is 2.31. The maximum Gasteiger partial charge on any atom is 0.126 e. The lowest BCUT2D eigenvalue weighted by molar-refractivity contribution is 0.0103. The van der Waals surface area contributed by atoms with Crippen molar-refractivity contribution in [2.24, 2.45) is 0 Å². The third kappa shape index (κ3) is 6.24. The monoisotopic (exact) mass is 325 g/mol. The van der Waals surface area contributed by atoms with E-state index in [1.807, 2.05) is 6.92 Å². The van der Waals surface area contributed by atoms with E-state index in [1.54, 1.807) is 0 Å². The first-order valence-corrected chi connectivity index (χ1v) is 7.02. The number of anilines is 1. The number of hydrogen-bond donors (Lipinski definition) is 2. The van der Waals surface area contributed by atoms with Crippen molar-refractivity contribution in [2.45, 2.75) is 13.0 Å². The van der Waals surface area contributed by atoms with Crippen molar-refractivity contribution in [2.75, 3.05) is 38.3 Å². The van der Waals surface area contributed by atoms with Gasteiger partial charge in [-0.25, -0.2) is 4.39 Å². The molecule has 4 nitrogen and oxygen atoms in total. The molecular formula is C13H18Cl2FNO3. The smallest absolute Gasteiger partial charge is 0.126 e. The fourth-order valence-electron chi connectivity index (χ4n) is 1.47. The summed E-state index contributed by atoms with van der Waals surface area (Å²) in [7, 11) is 0. The van der Waals surface area contributed by atoms with Gasteiger partial charge in [-0.15, -0.1) is 0 Å². The molecule has 114 valence electrons. The molecular weight excluding hydrogens is 308 g/mol. The molecule has 1 aromatic rings. The molecule has 0 aliphatic heterocycles. The minimum atomic E-state index is -0.728. The molecule has 0 fully saturated rings. The van der Waals surface area contributed by atoms with Gasteiger partial charge in [-0.2, -0.15) is 0 Å². The molecule has 2 N–H and O–H groups in total. The number of aliphatic hydroxyl groups is 1. The summed E-state index contributed by atoms with van der Waals surface area (Å²) in [4.78, 5) is 0. The van der Waals surface area contributed by atoms with Gasteiger partial charge >= 0.3 is 0 Å². The zero-order valence-corrected chi connectivity index (χ0v) is 12.7. The van der Waals surface area contributed by atoms with Gasteiger partial charge < -0.3 is 19.9 Å². The second-order valence-corrected chi connectivity index (χ2v) is 4.87. The number of halogens is 3. The maximum atomic E-state index is 13.0. The zero-order chi connectivity index (χ0) is 15.0. The van der Waals surface area contributed by atoms with Crippen molar-refractivity contribution in [3.05, 3.63) is 28.0 Å². The van der Waals surface area contributed by atoms with E-state index in [1.165, 1.54) is 0 Å². The van der Waals surface area contributed by atoms with Crippen LogP contribution in [-0.2, 0) is 9.47 Å². The summed E-state index contributed by atoms with van der Waals surface area (Å²) >= 11 is 11.7. The topological polar surface area (TPSA) is 50.7 Å². The van der Waals surface area contributed by atoms with Crippen LogP contribution < -0.4 is 5.32 Å². The fraction of sp³-hybridized carbons (Fsp3) is 0.538. The lowest BCUT2D eigenvalue weighted by atomic mass is 10.3. The van der Waals surface area contributed by atoms with E-state index in [0.29, 0.717) is 25.5 Å². The molecule has 0 radical (unpaired) electrons. The fourth-order valence-corrected chi connectivity index (χ4v) is 2.07. The molecule has 0 saturated carbocycles. The SMILES string of the molecule is CCOCCOCC(O)CNc1c(Cl)cc(F)cc1Cl. The molecule has 0 bridgehead atoms. The number of hydrogen-bond acceptors (Lipinski definition) is 4. The standard InChI is InChI=1S/C13H18Cl2FNO3/c1-2-19-3-4-20-8-10(18)7-17-13-11(14)5-9(16)6-12(13)15/h5-6,10,17-18H,2-4,7-8H2,1H3. The summed E-state index contributed by atoms with van der Waals surface area (Å²) in [5.74, 6) is -0.509. The molecule has 0 aliphatic carbocycles. The molecule has 0 spiro atoms.